The zero-order chi connectivity index (χ0) is 15.8. The van der Waals surface area contributed by atoms with Gasteiger partial charge in [-0.05, 0) is 0 Å². The van der Waals surface area contributed by atoms with Gasteiger partial charge in [0.15, 0.2) is 0 Å². The molecule has 0 aliphatic carbocycles. The average molecular weight is 549 g/mol. The summed E-state index contributed by atoms with van der Waals surface area (Å²) >= 11 is 2.44. The van der Waals surface area contributed by atoms with Crippen molar-refractivity contribution in [1.29, 1.82) is 0 Å². The minimum absolute atomic E-state index is 0.624. The van der Waals surface area contributed by atoms with Gasteiger partial charge in [-0.25, -0.2) is 0 Å². The van der Waals surface area contributed by atoms with Crippen molar-refractivity contribution < 1.29 is 84.0 Å². The maximum absolute atomic E-state index is 6.23. The molecule has 122 valence electrons. The summed E-state index contributed by atoms with van der Waals surface area (Å²) in [5, 5.41) is 0. The van der Waals surface area contributed by atoms with Gasteiger partial charge in [-0.3, -0.25) is 0 Å². The predicted octanol–water partition coefficient (Wildman–Crippen LogP) is 6.26. The summed E-state index contributed by atoms with van der Waals surface area (Å²) in [6.45, 7) is 4.58. The third kappa shape index (κ3) is 18.9. The van der Waals surface area contributed by atoms with E-state index in [4.69, 9.17) is 4.74 Å². The zero-order valence-electron chi connectivity index (χ0n) is 14.5. The van der Waals surface area contributed by atoms with Crippen molar-refractivity contribution >= 4 is 0 Å². The molecule has 3 heteroatoms. The summed E-state index contributed by atoms with van der Waals surface area (Å²) in [5.41, 5.74) is 0. The molecule has 0 amide bonds. The van der Waals surface area contributed by atoms with Gasteiger partial charge in [0, 0.05) is 0 Å². The Bertz CT molecular complexity index is 180. The molecule has 0 aliphatic rings. The van der Waals surface area contributed by atoms with Gasteiger partial charge in [-0.1, -0.05) is 0 Å². The van der Waals surface area contributed by atoms with E-state index in [1.807, 2.05) is 0 Å². The Labute approximate surface area is 188 Å². The van der Waals surface area contributed by atoms with Gasteiger partial charge in [0.2, 0.25) is 0 Å². The Morgan fingerprint density at radius 1 is 0.571 bits per heavy atom. The van der Waals surface area contributed by atoms with Gasteiger partial charge in [0.1, 0.15) is 0 Å². The van der Waals surface area contributed by atoms with E-state index in [9.17, 15) is 0 Å². The molecule has 0 bridgehead atoms. The van der Waals surface area contributed by atoms with Crippen LogP contribution < -0.4 is 0 Å². The van der Waals surface area contributed by atoms with Crippen LogP contribution in [0.1, 0.15) is 104 Å². The van der Waals surface area contributed by atoms with Crippen LogP contribution in [0.3, 0.4) is 0 Å². The van der Waals surface area contributed by atoms with Gasteiger partial charge in [-0.2, -0.15) is 0 Å². The predicted molar refractivity (Wildman–Crippen MR) is 84.6 cm³/mol. The fraction of sp³-hybridized carbons (Fsp3) is 1.00. The molecule has 0 spiro atoms. The number of hydrogen-bond donors (Lipinski definition) is 0. The van der Waals surface area contributed by atoms with Crippen molar-refractivity contribution in [2.24, 2.45) is 0 Å². The summed E-state index contributed by atoms with van der Waals surface area (Å²) in [5.74, 6) is 0. The molecule has 0 aliphatic heterocycles. The van der Waals surface area contributed by atoms with Gasteiger partial charge < -0.3 is 0 Å². The first kappa shape index (κ1) is 23.7. The van der Waals surface area contributed by atoms with E-state index in [0.29, 0.717) is 3.24 Å². The number of ether oxygens (including phenoxy) is 1. The Balaban J connectivity index is 3.33. The molecule has 2 unspecified atom stereocenters. The van der Waals surface area contributed by atoms with Gasteiger partial charge >= 0.3 is 191 Å². The molecule has 0 rings (SSSR count). The van der Waals surface area contributed by atoms with E-state index >= 15 is 0 Å². The molecule has 0 saturated heterocycles. The van der Waals surface area contributed by atoms with Crippen molar-refractivity contribution in [3.05, 3.63) is 0 Å². The molecular formula is C18H36Ce2O. The van der Waals surface area contributed by atoms with Crippen LogP contribution in [0.25, 0.3) is 0 Å². The van der Waals surface area contributed by atoms with Crippen LogP contribution in [0.2, 0.25) is 0 Å². The number of rotatable bonds is 16. The molecule has 0 saturated carbocycles. The molecule has 0 N–H and O–H groups in total. The Kier molecular flexibility index (Phi) is 21.5. The second kappa shape index (κ2) is 19.0. The molecule has 0 heterocycles. The first-order chi connectivity index (χ1) is 10.2. The van der Waals surface area contributed by atoms with Crippen molar-refractivity contribution in [3.8, 4) is 0 Å². The van der Waals surface area contributed by atoms with Gasteiger partial charge in [-0.15, -0.1) is 0 Å². The average Bonchev–Trinajstić information content (AvgIpc) is 2.46. The topological polar surface area (TPSA) is 9.23 Å². The number of hydrogen-bond acceptors (Lipinski definition) is 1. The normalized spacial score (nSPS) is 14.1. The summed E-state index contributed by atoms with van der Waals surface area (Å²) < 4.78 is 7.48. The van der Waals surface area contributed by atoms with Crippen LogP contribution in [0.4, 0.5) is 0 Å². The van der Waals surface area contributed by atoms with Gasteiger partial charge in [0.25, 0.3) is 0 Å². The van der Waals surface area contributed by atoms with Crippen molar-refractivity contribution in [3.63, 3.8) is 0 Å². The van der Waals surface area contributed by atoms with E-state index in [1.165, 1.54) is 169 Å². The fourth-order valence-electron chi connectivity index (χ4n) is 2.55. The first-order valence-corrected chi connectivity index (χ1v) is 12.9. The minimum atomic E-state index is 0.624. The Morgan fingerprint density at radius 2 is 0.905 bits per heavy atom. The second-order valence-corrected chi connectivity index (χ2v) is 10.3. The molecule has 1 nitrogen and oxygen atoms in total. The van der Waals surface area contributed by atoms with Crippen LogP contribution in [-0.4, -0.2) is 3.24 Å². The molecule has 21 heavy (non-hydrogen) atoms. The molecule has 0 aromatic rings. The van der Waals surface area contributed by atoms with E-state index in [2.05, 4.69) is 13.8 Å². The maximum atomic E-state index is 6.23. The van der Waals surface area contributed by atoms with Crippen LogP contribution in [0.15, 0.2) is 0 Å². The monoisotopic (exact) mass is 548 g/mol. The third-order valence-electron chi connectivity index (χ3n) is 3.97. The molecular weight excluding hydrogens is 512 g/mol. The zero-order valence-corrected chi connectivity index (χ0v) is 20.7. The van der Waals surface area contributed by atoms with Crippen LogP contribution >= 0.6 is 0 Å². The molecule has 0 radical (unpaired) electrons. The number of unbranched alkanes of at least 4 members (excludes halogenated alkanes) is 10. The SMILES string of the molecule is CCCCCCCC[CH]([Ce])O[CH]([Ce])CCCCCCCC. The van der Waals surface area contributed by atoms with Crippen LogP contribution in [-0.2, 0) is 4.74 Å². The van der Waals surface area contributed by atoms with Crippen molar-refractivity contribution in [2.45, 2.75) is 107 Å². The molecule has 0 aromatic heterocycles. The Hall–Kier alpha value is 2.71. The van der Waals surface area contributed by atoms with Crippen molar-refractivity contribution in [2.75, 3.05) is 0 Å². The quantitative estimate of drug-likeness (QED) is 0.207. The molecule has 0 fully saturated rings. The van der Waals surface area contributed by atoms with E-state index in [0.717, 1.165) is 0 Å². The summed E-state index contributed by atoms with van der Waals surface area (Å²) in [4.78, 5) is 0. The second-order valence-electron chi connectivity index (χ2n) is 6.23. The van der Waals surface area contributed by atoms with E-state index < -0.39 is 0 Å². The van der Waals surface area contributed by atoms with Gasteiger partial charge in [0.05, 0.1) is 0 Å². The molecule has 0 aromatic carbocycles. The summed E-state index contributed by atoms with van der Waals surface area (Å²) in [6.07, 6.45) is 19.6. The third-order valence-corrected chi connectivity index (χ3v) is 6.64. The Morgan fingerprint density at radius 3 is 1.29 bits per heavy atom. The molecule has 2 atom stereocenters. The summed E-state index contributed by atoms with van der Waals surface area (Å²) in [7, 11) is 0. The summed E-state index contributed by atoms with van der Waals surface area (Å²) in [6, 6.07) is 0. The van der Waals surface area contributed by atoms with Crippen LogP contribution in [0.5, 0.6) is 0 Å². The standard InChI is InChI=1S/C18H36O.2Ce/c1-3-5-7-9-11-13-15-17-19-18-16-14-12-10-8-6-4-2;;/h17-18H,3-16H2,1-2H3;;. The van der Waals surface area contributed by atoms with E-state index in [-0.39, 0.29) is 0 Å². The fourth-order valence-corrected chi connectivity index (χ4v) is 6.21. The van der Waals surface area contributed by atoms with Crippen LogP contribution in [0, 0.1) is 79.3 Å². The van der Waals surface area contributed by atoms with Crippen molar-refractivity contribution in [1.82, 2.24) is 0 Å². The van der Waals surface area contributed by atoms with E-state index in [1.54, 1.807) is 0 Å². The first-order valence-electron chi connectivity index (χ1n) is 9.28.